The lowest BCUT2D eigenvalue weighted by molar-refractivity contribution is 0.0743. The van der Waals surface area contributed by atoms with Gasteiger partial charge in [0.1, 0.15) is 0 Å². The Bertz CT molecular complexity index is 691. The van der Waals surface area contributed by atoms with E-state index in [9.17, 15) is 4.79 Å². The van der Waals surface area contributed by atoms with Crippen molar-refractivity contribution < 1.29 is 4.79 Å². The number of halogens is 1. The third kappa shape index (κ3) is 2.80. The molecule has 22 heavy (non-hydrogen) atoms. The molecule has 1 amide bonds. The lowest BCUT2D eigenvalue weighted by atomic mass is 10.1. The summed E-state index contributed by atoms with van der Waals surface area (Å²) in [5.41, 5.74) is 2.46. The number of likely N-dealkylation sites (N-methyl/N-ethyl adjacent to an activating group) is 1. The molecule has 2 aromatic rings. The summed E-state index contributed by atoms with van der Waals surface area (Å²) in [5.74, 6) is 0.0347. The molecule has 0 saturated carbocycles. The quantitative estimate of drug-likeness (QED) is 0.911. The van der Waals surface area contributed by atoms with Crippen LogP contribution in [-0.2, 0) is 0 Å². The Kier molecular flexibility index (Phi) is 4.31. The number of nitrogens with one attached hydrogen (secondary N) is 1. The van der Waals surface area contributed by atoms with E-state index in [0.29, 0.717) is 5.56 Å². The van der Waals surface area contributed by atoms with Crippen molar-refractivity contribution in [3.05, 3.63) is 46.2 Å². The largest absolute Gasteiger partial charge is 0.337 e. The van der Waals surface area contributed by atoms with Gasteiger partial charge in [-0.25, -0.2) is 4.68 Å². The van der Waals surface area contributed by atoms with Gasteiger partial charge in [0.05, 0.1) is 23.1 Å². The van der Waals surface area contributed by atoms with Crippen molar-refractivity contribution in [1.82, 2.24) is 20.0 Å². The molecule has 0 spiro atoms. The van der Waals surface area contributed by atoms with Crippen LogP contribution in [0.1, 0.15) is 22.5 Å². The van der Waals surface area contributed by atoms with Crippen LogP contribution in [0.5, 0.6) is 0 Å². The summed E-state index contributed by atoms with van der Waals surface area (Å²) in [5, 5.41) is 7.68. The fourth-order valence-corrected chi connectivity index (χ4v) is 3.20. The number of benzene rings is 1. The average Bonchev–Trinajstić information content (AvgIpc) is 3.15. The van der Waals surface area contributed by atoms with Gasteiger partial charge >= 0.3 is 0 Å². The van der Waals surface area contributed by atoms with Gasteiger partial charge in [-0.1, -0.05) is 22.0 Å². The van der Waals surface area contributed by atoms with Gasteiger partial charge in [0.15, 0.2) is 0 Å². The average molecular weight is 363 g/mol. The molecule has 0 bridgehead atoms. The highest BCUT2D eigenvalue weighted by atomic mass is 79.9. The number of carbonyl (C=O) groups excluding carboxylic acids is 1. The van der Waals surface area contributed by atoms with Crippen LogP contribution in [0.25, 0.3) is 5.69 Å². The second-order valence-corrected chi connectivity index (χ2v) is 6.51. The van der Waals surface area contributed by atoms with Gasteiger partial charge in [0, 0.05) is 24.1 Å². The van der Waals surface area contributed by atoms with Crippen LogP contribution in [0.4, 0.5) is 0 Å². The van der Waals surface area contributed by atoms with E-state index in [1.165, 1.54) is 0 Å². The molecule has 116 valence electrons. The molecule has 0 aliphatic carbocycles. The molecule has 1 fully saturated rings. The van der Waals surface area contributed by atoms with Crippen molar-refractivity contribution in [3.8, 4) is 5.69 Å². The van der Waals surface area contributed by atoms with Crippen molar-refractivity contribution in [1.29, 1.82) is 0 Å². The van der Waals surface area contributed by atoms with E-state index in [-0.39, 0.29) is 11.9 Å². The molecule has 1 saturated heterocycles. The topological polar surface area (TPSA) is 50.2 Å². The number of hydrogen-bond donors (Lipinski definition) is 1. The Morgan fingerprint density at radius 1 is 1.50 bits per heavy atom. The molecular weight excluding hydrogens is 344 g/mol. The van der Waals surface area contributed by atoms with Gasteiger partial charge in [-0.3, -0.25) is 4.79 Å². The molecule has 1 aliphatic rings. The number of rotatable bonds is 3. The third-order valence-corrected chi connectivity index (χ3v) is 4.69. The zero-order valence-electron chi connectivity index (χ0n) is 12.7. The summed E-state index contributed by atoms with van der Waals surface area (Å²) >= 11 is 3.46. The fraction of sp³-hybridized carbons (Fsp3) is 0.375. The Morgan fingerprint density at radius 3 is 3.00 bits per heavy atom. The first-order valence-electron chi connectivity index (χ1n) is 7.36. The SMILES string of the molecule is Cc1c(C(=O)N(C)[C@H]2CCNC2)cnn1-c1cccc(Br)c1. The smallest absolute Gasteiger partial charge is 0.257 e. The number of hydrogen-bond acceptors (Lipinski definition) is 3. The number of amides is 1. The highest BCUT2D eigenvalue weighted by Gasteiger charge is 2.26. The van der Waals surface area contributed by atoms with Crippen LogP contribution in [0, 0.1) is 6.92 Å². The third-order valence-electron chi connectivity index (χ3n) is 4.20. The van der Waals surface area contributed by atoms with E-state index < -0.39 is 0 Å². The molecule has 1 N–H and O–H groups in total. The van der Waals surface area contributed by atoms with Crippen LogP contribution >= 0.6 is 15.9 Å². The van der Waals surface area contributed by atoms with Crippen molar-refractivity contribution in [3.63, 3.8) is 0 Å². The molecule has 0 unspecified atom stereocenters. The summed E-state index contributed by atoms with van der Waals surface area (Å²) in [6.07, 6.45) is 2.67. The minimum atomic E-state index is 0.0347. The first kappa shape index (κ1) is 15.2. The normalized spacial score (nSPS) is 17.7. The van der Waals surface area contributed by atoms with E-state index in [0.717, 1.165) is 35.4 Å². The standard InChI is InChI=1S/C16H19BrN4O/c1-11-15(16(22)20(2)14-6-7-18-9-14)10-19-21(11)13-5-3-4-12(17)8-13/h3-5,8,10,14,18H,6-7,9H2,1-2H3/t14-/m0/s1. The Balaban J connectivity index is 1.88. The van der Waals surface area contributed by atoms with Crippen LogP contribution in [0.15, 0.2) is 34.9 Å². The summed E-state index contributed by atoms with van der Waals surface area (Å²) in [4.78, 5) is 14.5. The number of aromatic nitrogens is 2. The van der Waals surface area contributed by atoms with E-state index in [1.807, 2.05) is 43.1 Å². The van der Waals surface area contributed by atoms with E-state index in [4.69, 9.17) is 0 Å². The molecule has 2 heterocycles. The summed E-state index contributed by atoms with van der Waals surface area (Å²) in [6, 6.07) is 8.15. The minimum Gasteiger partial charge on any atom is -0.337 e. The summed E-state index contributed by atoms with van der Waals surface area (Å²) in [7, 11) is 1.87. The van der Waals surface area contributed by atoms with E-state index in [1.54, 1.807) is 10.9 Å². The maximum Gasteiger partial charge on any atom is 0.257 e. The van der Waals surface area contributed by atoms with Crippen molar-refractivity contribution in [2.45, 2.75) is 19.4 Å². The number of carbonyl (C=O) groups is 1. The highest BCUT2D eigenvalue weighted by molar-refractivity contribution is 9.10. The Morgan fingerprint density at radius 2 is 2.32 bits per heavy atom. The van der Waals surface area contributed by atoms with Gasteiger partial charge < -0.3 is 10.2 Å². The van der Waals surface area contributed by atoms with Gasteiger partial charge in [-0.05, 0) is 38.1 Å². The molecule has 6 heteroatoms. The number of nitrogens with zero attached hydrogens (tertiary/aromatic N) is 3. The predicted molar refractivity (Wildman–Crippen MR) is 89.4 cm³/mol. The predicted octanol–water partition coefficient (Wildman–Crippen LogP) is 2.38. The lowest BCUT2D eigenvalue weighted by Gasteiger charge is -2.23. The van der Waals surface area contributed by atoms with E-state index >= 15 is 0 Å². The molecule has 0 radical (unpaired) electrons. The van der Waals surface area contributed by atoms with Crippen LogP contribution in [0.2, 0.25) is 0 Å². The van der Waals surface area contributed by atoms with Crippen molar-refractivity contribution in [2.24, 2.45) is 0 Å². The maximum atomic E-state index is 12.7. The fourth-order valence-electron chi connectivity index (χ4n) is 2.81. The monoisotopic (exact) mass is 362 g/mol. The Labute approximate surface area is 138 Å². The molecular formula is C16H19BrN4O. The maximum absolute atomic E-state index is 12.7. The molecule has 3 rings (SSSR count). The van der Waals surface area contributed by atoms with Gasteiger partial charge in [0.25, 0.3) is 5.91 Å². The Hall–Kier alpha value is -1.66. The first-order chi connectivity index (χ1) is 10.6. The van der Waals surface area contributed by atoms with Crippen molar-refractivity contribution >= 4 is 21.8 Å². The second kappa shape index (κ2) is 6.22. The summed E-state index contributed by atoms with van der Waals surface area (Å²) < 4.78 is 2.79. The van der Waals surface area contributed by atoms with Crippen molar-refractivity contribution in [2.75, 3.05) is 20.1 Å². The molecule has 1 aliphatic heterocycles. The van der Waals surface area contributed by atoms with Gasteiger partial charge in [-0.2, -0.15) is 5.10 Å². The highest BCUT2D eigenvalue weighted by Crippen LogP contribution is 2.20. The zero-order chi connectivity index (χ0) is 15.7. The zero-order valence-corrected chi connectivity index (χ0v) is 14.3. The van der Waals surface area contributed by atoms with E-state index in [2.05, 4.69) is 26.3 Å². The molecule has 1 aromatic heterocycles. The minimum absolute atomic E-state index is 0.0347. The van der Waals surface area contributed by atoms with Crippen LogP contribution in [-0.4, -0.2) is 46.8 Å². The second-order valence-electron chi connectivity index (χ2n) is 5.60. The molecule has 1 atom stereocenters. The summed E-state index contributed by atoms with van der Waals surface area (Å²) in [6.45, 7) is 3.77. The molecule has 5 nitrogen and oxygen atoms in total. The van der Waals surface area contributed by atoms with Crippen LogP contribution in [0.3, 0.4) is 0 Å². The van der Waals surface area contributed by atoms with Gasteiger partial charge in [-0.15, -0.1) is 0 Å². The lowest BCUT2D eigenvalue weighted by Crippen LogP contribution is -2.38. The van der Waals surface area contributed by atoms with Gasteiger partial charge in [0.2, 0.25) is 0 Å². The molecule has 1 aromatic carbocycles. The van der Waals surface area contributed by atoms with Crippen LogP contribution < -0.4 is 5.32 Å². The first-order valence-corrected chi connectivity index (χ1v) is 8.15.